The van der Waals surface area contributed by atoms with Gasteiger partial charge in [-0.2, -0.15) is 0 Å². The summed E-state index contributed by atoms with van der Waals surface area (Å²) in [6.45, 7) is 0. The molecule has 0 aromatic heterocycles. The molecule has 0 saturated heterocycles. The Morgan fingerprint density at radius 2 is 1.81 bits per heavy atom. The molecule has 0 spiro atoms. The highest BCUT2D eigenvalue weighted by Gasteiger charge is 2.41. The fraction of sp³-hybridized carbons (Fsp3) is 1.00. The fourth-order valence-corrected chi connectivity index (χ4v) is 4.20. The molecule has 0 aromatic carbocycles. The highest BCUT2D eigenvalue weighted by atomic mass is 32.2. The van der Waals surface area contributed by atoms with Crippen LogP contribution in [0.25, 0.3) is 0 Å². The van der Waals surface area contributed by atoms with Crippen molar-refractivity contribution in [3.8, 4) is 0 Å². The van der Waals surface area contributed by atoms with Crippen LogP contribution in [0.1, 0.15) is 38.5 Å². The zero-order valence-corrected chi connectivity index (χ0v) is 10.4. The normalized spacial score (nSPS) is 39.4. The van der Waals surface area contributed by atoms with Crippen molar-refractivity contribution in [3.05, 3.63) is 0 Å². The van der Waals surface area contributed by atoms with Crippen molar-refractivity contribution in [2.75, 3.05) is 7.11 Å². The van der Waals surface area contributed by atoms with Crippen molar-refractivity contribution >= 4 is 12.0 Å². The number of ether oxygens (including phenoxy) is 1. The van der Waals surface area contributed by atoms with Gasteiger partial charge in [0.2, 0.25) is 0 Å². The minimum absolute atomic E-state index is 0.414. The first kappa shape index (κ1) is 12.6. The Balaban J connectivity index is 1.96. The van der Waals surface area contributed by atoms with Gasteiger partial charge >= 0.3 is 0 Å². The summed E-state index contributed by atoms with van der Waals surface area (Å²) >= 11 is 1.27. The lowest BCUT2D eigenvalue weighted by molar-refractivity contribution is -0.432. The third kappa shape index (κ3) is 2.71. The van der Waals surface area contributed by atoms with Crippen molar-refractivity contribution in [1.29, 1.82) is 0 Å². The quantitative estimate of drug-likeness (QED) is 0.471. The van der Waals surface area contributed by atoms with Gasteiger partial charge in [-0.15, -0.1) is 4.33 Å². The molecule has 0 amide bonds. The molecule has 4 unspecified atom stereocenters. The van der Waals surface area contributed by atoms with Crippen LogP contribution in [0, 0.1) is 11.8 Å². The minimum atomic E-state index is 0.414. The van der Waals surface area contributed by atoms with Gasteiger partial charge in [0.05, 0.1) is 6.10 Å². The second-order valence-electron chi connectivity index (χ2n) is 4.74. The molecule has 0 radical (unpaired) electrons. The Bertz CT molecular complexity index is 214. The predicted octanol–water partition coefficient (Wildman–Crippen LogP) is 3.04. The highest BCUT2D eigenvalue weighted by molar-refractivity contribution is 7.95. The van der Waals surface area contributed by atoms with E-state index >= 15 is 0 Å². The molecule has 16 heavy (non-hydrogen) atoms. The molecule has 4 atom stereocenters. The van der Waals surface area contributed by atoms with Crippen LogP contribution in [-0.4, -0.2) is 23.7 Å². The Hall–Kier alpha value is 0.190. The smallest absolute Gasteiger partial charge is 0.0603 e. The van der Waals surface area contributed by atoms with Crippen LogP contribution < -0.4 is 0 Å². The lowest BCUT2D eigenvalue weighted by atomic mass is 9.69. The standard InChI is InChI=1S/C11H20O4S/c1-13-10-6-7-11(16-15-14-12)9-5-3-2-4-8(9)10/h8-12H,2-7H2,1H3. The largest absolute Gasteiger partial charge is 0.381 e. The van der Waals surface area contributed by atoms with E-state index in [4.69, 9.17) is 9.99 Å². The summed E-state index contributed by atoms with van der Waals surface area (Å²) in [7, 11) is 1.82. The Kier molecular flexibility index (Phi) is 4.91. The molecule has 2 fully saturated rings. The average Bonchev–Trinajstić information content (AvgIpc) is 2.36. The van der Waals surface area contributed by atoms with E-state index < -0.39 is 0 Å². The summed E-state index contributed by atoms with van der Waals surface area (Å²) in [6, 6.07) is 0. The predicted molar refractivity (Wildman–Crippen MR) is 61.7 cm³/mol. The second kappa shape index (κ2) is 6.21. The average molecular weight is 248 g/mol. The topological polar surface area (TPSA) is 47.9 Å². The monoisotopic (exact) mass is 248 g/mol. The summed E-state index contributed by atoms with van der Waals surface area (Å²) in [5.74, 6) is 1.31. The van der Waals surface area contributed by atoms with Gasteiger partial charge in [-0.3, -0.25) is 0 Å². The van der Waals surface area contributed by atoms with E-state index in [1.54, 1.807) is 0 Å². The van der Waals surface area contributed by atoms with E-state index in [1.165, 1.54) is 37.7 Å². The molecule has 1 N–H and O–H groups in total. The van der Waals surface area contributed by atoms with Crippen molar-refractivity contribution in [1.82, 2.24) is 0 Å². The lowest BCUT2D eigenvalue weighted by Crippen LogP contribution is -2.42. The molecular formula is C11H20O4S. The third-order valence-electron chi connectivity index (χ3n) is 4.06. The molecule has 2 saturated carbocycles. The zero-order valence-electron chi connectivity index (χ0n) is 9.63. The van der Waals surface area contributed by atoms with Gasteiger partial charge < -0.3 is 4.74 Å². The van der Waals surface area contributed by atoms with E-state index in [2.05, 4.69) is 9.37 Å². The SMILES string of the molecule is COC1CCC(SOOO)C2CCCCC12. The van der Waals surface area contributed by atoms with E-state index in [-0.39, 0.29) is 0 Å². The van der Waals surface area contributed by atoms with Gasteiger partial charge in [0.15, 0.2) is 0 Å². The first-order chi connectivity index (χ1) is 7.86. The van der Waals surface area contributed by atoms with Gasteiger partial charge in [-0.1, -0.05) is 17.9 Å². The van der Waals surface area contributed by atoms with E-state index in [0.717, 1.165) is 12.8 Å². The number of methoxy groups -OCH3 is 1. The Morgan fingerprint density at radius 3 is 2.50 bits per heavy atom. The fourth-order valence-electron chi connectivity index (χ4n) is 3.35. The van der Waals surface area contributed by atoms with Gasteiger partial charge in [-0.25, -0.2) is 5.26 Å². The van der Waals surface area contributed by atoms with Gasteiger partial charge in [0.25, 0.3) is 0 Å². The number of hydrogen-bond donors (Lipinski definition) is 1. The second-order valence-corrected chi connectivity index (χ2v) is 5.67. The summed E-state index contributed by atoms with van der Waals surface area (Å²) < 4.78 is 10.2. The van der Waals surface area contributed by atoms with Crippen molar-refractivity contribution < 1.29 is 19.4 Å². The van der Waals surface area contributed by atoms with Crippen LogP contribution in [0.3, 0.4) is 0 Å². The van der Waals surface area contributed by atoms with Crippen molar-refractivity contribution in [2.24, 2.45) is 11.8 Å². The third-order valence-corrected chi connectivity index (χ3v) is 5.03. The number of hydrogen-bond acceptors (Lipinski definition) is 5. The van der Waals surface area contributed by atoms with Crippen LogP contribution >= 0.6 is 12.0 Å². The minimum Gasteiger partial charge on any atom is -0.381 e. The van der Waals surface area contributed by atoms with Gasteiger partial charge in [0.1, 0.15) is 0 Å². The Labute approximate surface area is 101 Å². The molecule has 5 heteroatoms. The van der Waals surface area contributed by atoms with Gasteiger partial charge in [-0.05, 0) is 37.5 Å². The lowest BCUT2D eigenvalue weighted by Gasteiger charge is -2.44. The van der Waals surface area contributed by atoms with Crippen LogP contribution in [0.2, 0.25) is 0 Å². The summed E-state index contributed by atoms with van der Waals surface area (Å²) in [6.07, 6.45) is 7.71. The van der Waals surface area contributed by atoms with Crippen LogP contribution in [0.15, 0.2) is 0 Å². The molecular weight excluding hydrogens is 228 g/mol. The summed E-state index contributed by atoms with van der Waals surface area (Å²) in [4.78, 5) is 0. The van der Waals surface area contributed by atoms with E-state index in [9.17, 15) is 0 Å². The zero-order chi connectivity index (χ0) is 11.4. The van der Waals surface area contributed by atoms with Crippen LogP contribution in [0.5, 0.6) is 0 Å². The molecule has 0 aliphatic heterocycles. The molecule has 0 bridgehead atoms. The van der Waals surface area contributed by atoms with Crippen LogP contribution in [-0.2, 0) is 14.1 Å². The molecule has 94 valence electrons. The van der Waals surface area contributed by atoms with Crippen molar-refractivity contribution in [2.45, 2.75) is 49.9 Å². The summed E-state index contributed by atoms with van der Waals surface area (Å²) in [5, 5.41) is 12.4. The molecule has 2 aliphatic rings. The maximum Gasteiger partial charge on any atom is 0.0603 e. The molecule has 0 heterocycles. The molecule has 2 aliphatic carbocycles. The number of rotatable bonds is 4. The maximum atomic E-state index is 8.22. The van der Waals surface area contributed by atoms with Gasteiger partial charge in [0, 0.05) is 24.4 Å². The maximum absolute atomic E-state index is 8.22. The van der Waals surface area contributed by atoms with Crippen molar-refractivity contribution in [3.63, 3.8) is 0 Å². The summed E-state index contributed by atoms with van der Waals surface area (Å²) in [5.41, 5.74) is 0. The highest BCUT2D eigenvalue weighted by Crippen LogP contribution is 2.46. The van der Waals surface area contributed by atoms with E-state index in [1.807, 2.05) is 7.11 Å². The molecule has 0 aromatic rings. The number of fused-ring (bicyclic) bond motifs is 1. The first-order valence-corrected chi connectivity index (χ1v) is 6.83. The van der Waals surface area contributed by atoms with E-state index in [0.29, 0.717) is 23.2 Å². The first-order valence-electron chi connectivity index (χ1n) is 6.03. The van der Waals surface area contributed by atoms with Crippen LogP contribution in [0.4, 0.5) is 0 Å². The Morgan fingerprint density at radius 1 is 1.06 bits per heavy atom. The molecule has 4 nitrogen and oxygen atoms in total. The molecule has 2 rings (SSSR count).